The summed E-state index contributed by atoms with van der Waals surface area (Å²) in [5, 5.41) is 9.98. The van der Waals surface area contributed by atoms with E-state index in [1.165, 1.54) is 6.92 Å². The molecule has 86 valence electrons. The number of hydrogen-bond acceptors (Lipinski definition) is 3. The molecule has 1 atom stereocenters. The number of carbonyl (C=O) groups is 1. The summed E-state index contributed by atoms with van der Waals surface area (Å²) in [6.45, 7) is 1.44. The van der Waals surface area contributed by atoms with Gasteiger partial charge < -0.3 is 9.84 Å². The lowest BCUT2D eigenvalue weighted by Gasteiger charge is -2.12. The van der Waals surface area contributed by atoms with Crippen molar-refractivity contribution in [3.8, 4) is 5.75 Å². The number of carbonyl (C=O) groups excluding carboxylic acids is 1. The van der Waals surface area contributed by atoms with Gasteiger partial charge in [-0.2, -0.15) is 0 Å². The first-order valence-corrected chi connectivity index (χ1v) is 5.98. The number of Topliss-reactive ketones (excluding diaryl/α,β-unsaturated/α-hetero) is 1. The molecule has 1 aromatic carbocycles. The number of ether oxygens (including phenoxy) is 1. The summed E-state index contributed by atoms with van der Waals surface area (Å²) in [5.41, 5.74) is 1.07. The van der Waals surface area contributed by atoms with E-state index >= 15 is 0 Å². The van der Waals surface area contributed by atoms with Crippen LogP contribution in [0, 0.1) is 0 Å². The largest absolute Gasteiger partial charge is 0.497 e. The molecule has 16 heavy (non-hydrogen) atoms. The summed E-state index contributed by atoms with van der Waals surface area (Å²) in [5.74, 6) is 0.594. The summed E-state index contributed by atoms with van der Waals surface area (Å²) in [6.07, 6.45) is -0.875. The number of ketones is 1. The molecule has 0 aliphatic heterocycles. The van der Waals surface area contributed by atoms with Gasteiger partial charge in [-0.15, -0.1) is 0 Å². The van der Waals surface area contributed by atoms with Gasteiger partial charge in [0, 0.05) is 5.57 Å². The zero-order valence-corrected chi connectivity index (χ0v) is 11.3. The standard InChI is InChI=1S/C12H13IO3/c1-8(14)11(7-13)12(15)9-3-5-10(16-2)6-4-9/h3-7,12,15H,1-2H3/b11-7+/t12-/m0/s1. The highest BCUT2D eigenvalue weighted by atomic mass is 127. The third-order valence-corrected chi connectivity index (χ3v) is 2.92. The van der Waals surface area contributed by atoms with Gasteiger partial charge in [0.05, 0.1) is 7.11 Å². The molecule has 4 heteroatoms. The molecule has 0 amide bonds. The monoisotopic (exact) mass is 332 g/mol. The van der Waals surface area contributed by atoms with Crippen LogP contribution in [0.4, 0.5) is 0 Å². The maximum Gasteiger partial charge on any atom is 0.159 e. The molecule has 0 aliphatic carbocycles. The zero-order chi connectivity index (χ0) is 12.1. The molecule has 0 radical (unpaired) electrons. The highest BCUT2D eigenvalue weighted by Gasteiger charge is 2.16. The molecule has 0 saturated carbocycles. The van der Waals surface area contributed by atoms with E-state index in [-0.39, 0.29) is 5.78 Å². The van der Waals surface area contributed by atoms with Crippen LogP contribution < -0.4 is 4.74 Å². The molecular weight excluding hydrogens is 319 g/mol. The SMILES string of the molecule is COc1ccc([C@H](O)/C(=C/I)C(C)=O)cc1. The molecule has 0 unspecified atom stereocenters. The van der Waals surface area contributed by atoms with Crippen molar-refractivity contribution < 1.29 is 14.6 Å². The summed E-state index contributed by atoms with van der Waals surface area (Å²) in [6, 6.07) is 6.99. The average molecular weight is 332 g/mol. The second-order valence-electron chi connectivity index (χ2n) is 3.30. The Morgan fingerprint density at radius 1 is 1.44 bits per heavy atom. The minimum absolute atomic E-state index is 0.127. The molecule has 0 fully saturated rings. The maximum absolute atomic E-state index is 11.3. The summed E-state index contributed by atoms with van der Waals surface area (Å²) < 4.78 is 6.62. The highest BCUT2D eigenvalue weighted by molar-refractivity contribution is 14.1. The predicted octanol–water partition coefficient (Wildman–Crippen LogP) is 2.64. The Kier molecular flexibility index (Phi) is 4.95. The Balaban J connectivity index is 2.95. The van der Waals surface area contributed by atoms with Gasteiger partial charge in [0.1, 0.15) is 11.9 Å². The van der Waals surface area contributed by atoms with Gasteiger partial charge >= 0.3 is 0 Å². The Morgan fingerprint density at radius 2 is 2.00 bits per heavy atom. The van der Waals surface area contributed by atoms with E-state index in [1.807, 2.05) is 22.6 Å². The van der Waals surface area contributed by atoms with E-state index < -0.39 is 6.10 Å². The van der Waals surface area contributed by atoms with Gasteiger partial charge in [-0.05, 0) is 28.7 Å². The Hall–Kier alpha value is -0.880. The molecule has 0 aliphatic rings. The quantitative estimate of drug-likeness (QED) is 0.681. The summed E-state index contributed by atoms with van der Waals surface area (Å²) in [7, 11) is 1.58. The Bertz CT molecular complexity index is 395. The van der Waals surface area contributed by atoms with Crippen LogP contribution in [0.25, 0.3) is 0 Å². The van der Waals surface area contributed by atoms with Crippen LogP contribution in [-0.4, -0.2) is 18.0 Å². The van der Waals surface area contributed by atoms with Crippen molar-refractivity contribution in [2.24, 2.45) is 0 Å². The van der Waals surface area contributed by atoms with E-state index in [0.717, 1.165) is 5.75 Å². The third-order valence-electron chi connectivity index (χ3n) is 2.25. The molecule has 3 nitrogen and oxygen atoms in total. The number of methoxy groups -OCH3 is 1. The molecule has 1 N–H and O–H groups in total. The normalized spacial score (nSPS) is 13.4. The van der Waals surface area contributed by atoms with Crippen LogP contribution in [0.3, 0.4) is 0 Å². The molecule has 1 rings (SSSR count). The fourth-order valence-corrected chi connectivity index (χ4v) is 2.07. The van der Waals surface area contributed by atoms with Gasteiger partial charge in [-0.1, -0.05) is 34.7 Å². The lowest BCUT2D eigenvalue weighted by Crippen LogP contribution is -2.08. The molecule has 1 aromatic rings. The fraction of sp³-hybridized carbons (Fsp3) is 0.250. The van der Waals surface area contributed by atoms with Crippen LogP contribution >= 0.6 is 22.6 Å². The van der Waals surface area contributed by atoms with E-state index in [4.69, 9.17) is 4.74 Å². The van der Waals surface area contributed by atoms with Crippen molar-refractivity contribution in [1.29, 1.82) is 0 Å². The Morgan fingerprint density at radius 3 is 2.38 bits per heavy atom. The lowest BCUT2D eigenvalue weighted by molar-refractivity contribution is -0.114. The molecule has 0 saturated heterocycles. The van der Waals surface area contributed by atoms with E-state index in [9.17, 15) is 9.90 Å². The zero-order valence-electron chi connectivity index (χ0n) is 9.11. The highest BCUT2D eigenvalue weighted by Crippen LogP contribution is 2.25. The maximum atomic E-state index is 11.3. The van der Waals surface area contributed by atoms with Crippen LogP contribution in [0.2, 0.25) is 0 Å². The van der Waals surface area contributed by atoms with Crippen molar-refractivity contribution in [3.63, 3.8) is 0 Å². The molecule has 0 bridgehead atoms. The van der Waals surface area contributed by atoms with Crippen LogP contribution in [0.5, 0.6) is 5.75 Å². The van der Waals surface area contributed by atoms with Gasteiger partial charge in [0.25, 0.3) is 0 Å². The summed E-state index contributed by atoms with van der Waals surface area (Å²) in [4.78, 5) is 11.3. The fourth-order valence-electron chi connectivity index (χ4n) is 1.29. The van der Waals surface area contributed by atoms with Crippen LogP contribution in [-0.2, 0) is 4.79 Å². The molecule has 0 heterocycles. The van der Waals surface area contributed by atoms with Crippen LogP contribution in [0.15, 0.2) is 33.9 Å². The van der Waals surface area contributed by atoms with Crippen molar-refractivity contribution in [2.75, 3.05) is 7.11 Å². The first kappa shape index (κ1) is 13.2. The number of hydrogen-bond donors (Lipinski definition) is 1. The van der Waals surface area contributed by atoms with Crippen molar-refractivity contribution >= 4 is 28.4 Å². The number of halogens is 1. The summed E-state index contributed by atoms with van der Waals surface area (Å²) >= 11 is 1.95. The number of aliphatic hydroxyl groups is 1. The first-order chi connectivity index (χ1) is 7.60. The minimum Gasteiger partial charge on any atom is -0.497 e. The van der Waals surface area contributed by atoms with Gasteiger partial charge in [-0.3, -0.25) is 4.79 Å². The molecular formula is C12H13IO3. The topological polar surface area (TPSA) is 46.5 Å². The van der Waals surface area contributed by atoms with Gasteiger partial charge in [0.15, 0.2) is 5.78 Å². The lowest BCUT2D eigenvalue weighted by atomic mass is 10.0. The molecule has 0 aromatic heterocycles. The van der Waals surface area contributed by atoms with E-state index in [2.05, 4.69) is 0 Å². The Labute approximate surface area is 108 Å². The second-order valence-corrected chi connectivity index (χ2v) is 3.92. The van der Waals surface area contributed by atoms with Crippen molar-refractivity contribution in [2.45, 2.75) is 13.0 Å². The van der Waals surface area contributed by atoms with Crippen LogP contribution in [0.1, 0.15) is 18.6 Å². The average Bonchev–Trinajstić information content (AvgIpc) is 2.29. The predicted molar refractivity (Wildman–Crippen MR) is 70.7 cm³/mol. The number of aliphatic hydroxyl groups excluding tert-OH is 1. The van der Waals surface area contributed by atoms with Gasteiger partial charge in [0.2, 0.25) is 0 Å². The van der Waals surface area contributed by atoms with E-state index in [1.54, 1.807) is 35.5 Å². The van der Waals surface area contributed by atoms with Crippen molar-refractivity contribution in [3.05, 3.63) is 39.5 Å². The third kappa shape index (κ3) is 3.05. The second kappa shape index (κ2) is 6.00. The molecule has 0 spiro atoms. The first-order valence-electron chi connectivity index (χ1n) is 4.73. The number of benzene rings is 1. The van der Waals surface area contributed by atoms with Gasteiger partial charge in [-0.25, -0.2) is 0 Å². The smallest absolute Gasteiger partial charge is 0.159 e. The number of rotatable bonds is 4. The minimum atomic E-state index is -0.875. The van der Waals surface area contributed by atoms with Crippen molar-refractivity contribution in [1.82, 2.24) is 0 Å². The van der Waals surface area contributed by atoms with E-state index in [0.29, 0.717) is 11.1 Å².